The van der Waals surface area contributed by atoms with Crippen LogP contribution in [-0.4, -0.2) is 0 Å². The maximum absolute atomic E-state index is 4.96. The topological polar surface area (TPSA) is 0 Å². The van der Waals surface area contributed by atoms with Crippen molar-refractivity contribution in [2.45, 2.75) is 39.5 Å². The number of hydrogen-bond acceptors (Lipinski definition) is 0. The summed E-state index contributed by atoms with van der Waals surface area (Å²) in [5.41, 5.74) is 1.09. The number of hydrogen-bond donors (Lipinski definition) is 0. The second kappa shape index (κ2) is 13.2. The normalized spacial score (nSPS) is 8.09. The quantitative estimate of drug-likeness (QED) is 0.578. The van der Waals surface area contributed by atoms with E-state index in [9.17, 15) is 0 Å². The molecule has 0 saturated heterocycles. The molecule has 11 heavy (non-hydrogen) atoms. The number of rotatable bonds is 3. The van der Waals surface area contributed by atoms with E-state index >= 15 is 0 Å². The molecule has 0 aromatic heterocycles. The van der Waals surface area contributed by atoms with Gasteiger partial charge in [0.05, 0.1) is 0 Å². The van der Waals surface area contributed by atoms with Crippen LogP contribution in [0.5, 0.6) is 0 Å². The summed E-state index contributed by atoms with van der Waals surface area (Å²) in [4.78, 5) is 0. The zero-order chi connectivity index (χ0) is 9.11. The van der Waals surface area contributed by atoms with Gasteiger partial charge in [-0.25, -0.2) is 0 Å². The SMILES string of the molecule is CCCCCC.ClC=C(Cl)Cl. The molecule has 3 heteroatoms. The van der Waals surface area contributed by atoms with Crippen molar-refractivity contribution in [3.05, 3.63) is 10.0 Å². The molecule has 0 radical (unpaired) electrons. The Bertz CT molecular complexity index is 81.3. The molecule has 0 aromatic rings. The van der Waals surface area contributed by atoms with Crippen molar-refractivity contribution < 1.29 is 0 Å². The predicted octanol–water partition coefficient (Wildman–Crippen LogP) is 5.09. The van der Waals surface area contributed by atoms with Crippen LogP contribution < -0.4 is 0 Å². The zero-order valence-electron chi connectivity index (χ0n) is 7.04. The van der Waals surface area contributed by atoms with E-state index < -0.39 is 0 Å². The van der Waals surface area contributed by atoms with Crippen molar-refractivity contribution in [1.29, 1.82) is 0 Å². The largest absolute Gasteiger partial charge is 0.118 e. The van der Waals surface area contributed by atoms with E-state index in [0.29, 0.717) is 0 Å². The zero-order valence-corrected chi connectivity index (χ0v) is 9.31. The molecule has 0 aromatic carbocycles. The Morgan fingerprint density at radius 2 is 1.36 bits per heavy atom. The van der Waals surface area contributed by atoms with Crippen LogP contribution in [0.15, 0.2) is 10.0 Å². The van der Waals surface area contributed by atoms with Gasteiger partial charge in [0.15, 0.2) is 0 Å². The molecule has 0 aliphatic rings. The third kappa shape index (κ3) is 25.0. The van der Waals surface area contributed by atoms with E-state index in [0.717, 1.165) is 5.54 Å². The average Bonchev–Trinajstić information content (AvgIpc) is 2.02. The van der Waals surface area contributed by atoms with Gasteiger partial charge < -0.3 is 0 Å². The molecular formula is C8H15Cl3. The van der Waals surface area contributed by atoms with E-state index in [1.165, 1.54) is 25.7 Å². The highest BCUT2D eigenvalue weighted by Gasteiger charge is 1.75. The van der Waals surface area contributed by atoms with Crippen LogP contribution in [0.4, 0.5) is 0 Å². The standard InChI is InChI=1S/C6H14.C2HCl3/c1-3-5-6-4-2;3-1-2(4)5/h3-6H2,1-2H3;1H. The molecule has 0 N–H and O–H groups in total. The third-order valence-corrected chi connectivity index (χ3v) is 1.70. The summed E-state index contributed by atoms with van der Waals surface area (Å²) in [5.74, 6) is 0. The third-order valence-electron chi connectivity index (χ3n) is 1.04. The van der Waals surface area contributed by atoms with Gasteiger partial charge in [0.2, 0.25) is 0 Å². The lowest BCUT2D eigenvalue weighted by molar-refractivity contribution is 0.702. The Morgan fingerprint density at radius 1 is 1.09 bits per heavy atom. The number of halogens is 3. The van der Waals surface area contributed by atoms with Crippen LogP contribution in [-0.2, 0) is 0 Å². The fourth-order valence-electron chi connectivity index (χ4n) is 0.500. The molecule has 0 heterocycles. The van der Waals surface area contributed by atoms with E-state index in [1.54, 1.807) is 0 Å². The molecule has 0 unspecified atom stereocenters. The minimum atomic E-state index is 0.0895. The van der Waals surface area contributed by atoms with Gasteiger partial charge in [-0.3, -0.25) is 0 Å². The van der Waals surface area contributed by atoms with Crippen molar-refractivity contribution >= 4 is 34.8 Å². The monoisotopic (exact) mass is 216 g/mol. The second-order valence-electron chi connectivity index (χ2n) is 2.11. The lowest BCUT2D eigenvalue weighted by Crippen LogP contribution is -1.66. The van der Waals surface area contributed by atoms with E-state index in [2.05, 4.69) is 13.8 Å². The van der Waals surface area contributed by atoms with Gasteiger partial charge in [0.1, 0.15) is 4.49 Å². The maximum Gasteiger partial charge on any atom is 0.118 e. The van der Waals surface area contributed by atoms with Gasteiger partial charge in [-0.2, -0.15) is 0 Å². The van der Waals surface area contributed by atoms with Crippen molar-refractivity contribution in [3.8, 4) is 0 Å². The van der Waals surface area contributed by atoms with Gasteiger partial charge in [-0.05, 0) is 0 Å². The van der Waals surface area contributed by atoms with E-state index in [1.807, 2.05) is 0 Å². The Morgan fingerprint density at radius 3 is 1.45 bits per heavy atom. The molecule has 68 valence electrons. The molecule has 0 aliphatic carbocycles. The molecule has 0 nitrogen and oxygen atoms in total. The summed E-state index contributed by atoms with van der Waals surface area (Å²) in [6.45, 7) is 4.46. The first-order valence-corrected chi connectivity index (χ1v) is 4.99. The highest BCUT2D eigenvalue weighted by atomic mass is 35.5. The van der Waals surface area contributed by atoms with Crippen LogP contribution in [0.1, 0.15) is 39.5 Å². The van der Waals surface area contributed by atoms with Crippen LogP contribution in [0, 0.1) is 0 Å². The summed E-state index contributed by atoms with van der Waals surface area (Å²) < 4.78 is 0.0895. The predicted molar refractivity (Wildman–Crippen MR) is 55.5 cm³/mol. The summed E-state index contributed by atoms with van der Waals surface area (Å²) in [6, 6.07) is 0. The van der Waals surface area contributed by atoms with Gasteiger partial charge >= 0.3 is 0 Å². The lowest BCUT2D eigenvalue weighted by atomic mass is 10.2. The molecule has 0 atom stereocenters. The molecule has 0 rings (SSSR count). The Balaban J connectivity index is 0. The fourth-order valence-corrected chi connectivity index (χ4v) is 0.500. The highest BCUT2D eigenvalue weighted by molar-refractivity contribution is 6.58. The van der Waals surface area contributed by atoms with Crippen molar-refractivity contribution in [2.75, 3.05) is 0 Å². The molecule has 0 amide bonds. The maximum atomic E-state index is 4.96. The minimum Gasteiger partial charge on any atom is -0.0904 e. The van der Waals surface area contributed by atoms with Gasteiger partial charge in [0.25, 0.3) is 0 Å². The second-order valence-corrected chi connectivity index (χ2v) is 3.33. The van der Waals surface area contributed by atoms with Gasteiger partial charge in [-0.1, -0.05) is 74.3 Å². The summed E-state index contributed by atoms with van der Waals surface area (Å²) in [5, 5.41) is 0. The van der Waals surface area contributed by atoms with Gasteiger partial charge in [-0.15, -0.1) is 0 Å². The summed E-state index contributed by atoms with van der Waals surface area (Å²) in [6.07, 6.45) is 5.54. The van der Waals surface area contributed by atoms with Crippen LogP contribution in [0.3, 0.4) is 0 Å². The van der Waals surface area contributed by atoms with E-state index in [-0.39, 0.29) is 4.49 Å². The smallest absolute Gasteiger partial charge is 0.0904 e. The van der Waals surface area contributed by atoms with Crippen molar-refractivity contribution in [1.82, 2.24) is 0 Å². The van der Waals surface area contributed by atoms with Crippen LogP contribution >= 0.6 is 34.8 Å². The molecule has 0 saturated carbocycles. The lowest BCUT2D eigenvalue weighted by Gasteiger charge is -1.86. The molecule has 0 fully saturated rings. The molecule has 0 spiro atoms. The molecular weight excluding hydrogens is 202 g/mol. The minimum absolute atomic E-state index is 0.0895. The first-order valence-electron chi connectivity index (χ1n) is 3.80. The highest BCUT2D eigenvalue weighted by Crippen LogP contribution is 2.05. The van der Waals surface area contributed by atoms with E-state index in [4.69, 9.17) is 34.8 Å². The Labute approximate surface area is 84.5 Å². The van der Waals surface area contributed by atoms with Gasteiger partial charge in [0, 0.05) is 5.54 Å². The van der Waals surface area contributed by atoms with Crippen molar-refractivity contribution in [2.24, 2.45) is 0 Å². The first-order chi connectivity index (χ1) is 5.18. The average molecular weight is 218 g/mol. The Hall–Kier alpha value is 0.610. The molecule has 0 aliphatic heterocycles. The number of unbranched alkanes of at least 4 members (excludes halogenated alkanes) is 3. The Kier molecular flexibility index (Phi) is 17.0. The first kappa shape index (κ1) is 14.2. The van der Waals surface area contributed by atoms with Crippen molar-refractivity contribution in [3.63, 3.8) is 0 Å². The summed E-state index contributed by atoms with van der Waals surface area (Å²) >= 11 is 14.8. The fraction of sp³-hybridized carbons (Fsp3) is 0.750. The molecule has 0 bridgehead atoms. The van der Waals surface area contributed by atoms with Crippen LogP contribution in [0.2, 0.25) is 0 Å². The summed E-state index contributed by atoms with van der Waals surface area (Å²) in [7, 11) is 0. The van der Waals surface area contributed by atoms with Crippen LogP contribution in [0.25, 0.3) is 0 Å².